The van der Waals surface area contributed by atoms with Crippen LogP contribution in [0.1, 0.15) is 51.9 Å². The molecule has 2 fully saturated rings. The largest absolute Gasteiger partial charge is 0.468 e. The average Bonchev–Trinajstić information content (AvgIpc) is 2.62. The number of rotatable bonds is 5. The van der Waals surface area contributed by atoms with Gasteiger partial charge in [-0.3, -0.25) is 9.69 Å². The van der Waals surface area contributed by atoms with Crippen molar-refractivity contribution >= 4 is 5.97 Å². The van der Waals surface area contributed by atoms with Crippen LogP contribution in [0.4, 0.5) is 0 Å². The summed E-state index contributed by atoms with van der Waals surface area (Å²) in [7, 11) is 1.47. The summed E-state index contributed by atoms with van der Waals surface area (Å²) >= 11 is 0. The molecule has 4 nitrogen and oxygen atoms in total. The third-order valence-corrected chi connectivity index (χ3v) is 4.43. The Bertz CT molecular complexity index is 281. The Labute approximate surface area is 109 Å². The van der Waals surface area contributed by atoms with Crippen LogP contribution in [0.25, 0.3) is 0 Å². The number of esters is 1. The fourth-order valence-corrected chi connectivity index (χ4v) is 3.62. The molecule has 0 aliphatic carbocycles. The number of nitrogens with zero attached hydrogens (tertiary/aromatic N) is 1. The van der Waals surface area contributed by atoms with E-state index in [1.54, 1.807) is 0 Å². The number of methoxy groups -OCH3 is 1. The summed E-state index contributed by atoms with van der Waals surface area (Å²) in [6.45, 7) is 2.14. The summed E-state index contributed by atoms with van der Waals surface area (Å²) < 4.78 is 4.97. The summed E-state index contributed by atoms with van der Waals surface area (Å²) in [6.07, 6.45) is 6.71. The molecule has 0 saturated carbocycles. The van der Waals surface area contributed by atoms with Gasteiger partial charge in [-0.05, 0) is 32.1 Å². The zero-order chi connectivity index (χ0) is 13.1. The zero-order valence-electron chi connectivity index (χ0n) is 11.5. The van der Waals surface area contributed by atoms with E-state index in [2.05, 4.69) is 11.8 Å². The van der Waals surface area contributed by atoms with Crippen molar-refractivity contribution in [3.63, 3.8) is 0 Å². The lowest BCUT2D eigenvalue weighted by atomic mass is 9.96. The van der Waals surface area contributed by atoms with Crippen molar-refractivity contribution in [2.45, 2.75) is 76.1 Å². The Balaban J connectivity index is 2.08. The second kappa shape index (κ2) is 6.02. The van der Waals surface area contributed by atoms with Crippen molar-refractivity contribution in [3.8, 4) is 0 Å². The topological polar surface area (TPSA) is 49.8 Å². The van der Waals surface area contributed by atoms with Crippen molar-refractivity contribution in [1.29, 1.82) is 0 Å². The van der Waals surface area contributed by atoms with E-state index in [9.17, 15) is 9.90 Å². The van der Waals surface area contributed by atoms with E-state index in [1.807, 2.05) is 0 Å². The standard InChI is InChI=1S/C14H25NO3/c1-3-4-5-13(14(17)18-2)15-10-6-7-11(15)9-12(16)8-10/h10-13,16H,3-9H2,1-2H3. The number of carbonyl (C=O) groups is 1. The van der Waals surface area contributed by atoms with Crippen LogP contribution in [0.2, 0.25) is 0 Å². The van der Waals surface area contributed by atoms with Crippen LogP contribution in [0.15, 0.2) is 0 Å². The van der Waals surface area contributed by atoms with Crippen LogP contribution in [-0.4, -0.2) is 47.3 Å². The van der Waals surface area contributed by atoms with Crippen molar-refractivity contribution in [3.05, 3.63) is 0 Å². The molecule has 2 heterocycles. The fourth-order valence-electron chi connectivity index (χ4n) is 3.62. The molecule has 104 valence electrons. The molecule has 2 aliphatic rings. The molecule has 0 aromatic heterocycles. The number of aliphatic hydroxyl groups is 1. The number of unbranched alkanes of at least 4 members (excludes halogenated alkanes) is 1. The van der Waals surface area contributed by atoms with Gasteiger partial charge in [-0.1, -0.05) is 19.8 Å². The number of fused-ring (bicyclic) bond motifs is 2. The first-order valence-electron chi connectivity index (χ1n) is 7.20. The second-order valence-corrected chi connectivity index (χ2v) is 5.64. The van der Waals surface area contributed by atoms with Crippen molar-refractivity contribution in [1.82, 2.24) is 4.90 Å². The van der Waals surface area contributed by atoms with E-state index in [-0.39, 0.29) is 18.1 Å². The first kappa shape index (κ1) is 13.8. The van der Waals surface area contributed by atoms with Gasteiger partial charge in [0, 0.05) is 12.1 Å². The van der Waals surface area contributed by atoms with Gasteiger partial charge in [0.15, 0.2) is 0 Å². The summed E-state index contributed by atoms with van der Waals surface area (Å²) in [5, 5.41) is 9.82. The Kier molecular flexibility index (Phi) is 4.62. The first-order chi connectivity index (χ1) is 8.67. The van der Waals surface area contributed by atoms with Crippen LogP contribution >= 0.6 is 0 Å². The molecule has 4 heteroatoms. The Morgan fingerprint density at radius 1 is 1.39 bits per heavy atom. The predicted octanol–water partition coefficient (Wildman–Crippen LogP) is 1.71. The minimum Gasteiger partial charge on any atom is -0.468 e. The third-order valence-electron chi connectivity index (χ3n) is 4.43. The van der Waals surface area contributed by atoms with E-state index in [0.29, 0.717) is 12.1 Å². The van der Waals surface area contributed by atoms with E-state index in [0.717, 1.165) is 44.9 Å². The third kappa shape index (κ3) is 2.69. The Morgan fingerprint density at radius 3 is 2.50 bits per heavy atom. The summed E-state index contributed by atoms with van der Waals surface area (Å²) in [4.78, 5) is 14.3. The predicted molar refractivity (Wildman–Crippen MR) is 69.2 cm³/mol. The molecule has 0 aromatic carbocycles. The zero-order valence-corrected chi connectivity index (χ0v) is 11.5. The molecule has 1 N–H and O–H groups in total. The highest BCUT2D eigenvalue weighted by molar-refractivity contribution is 5.75. The molecular weight excluding hydrogens is 230 g/mol. The molecule has 0 amide bonds. The molecule has 2 saturated heterocycles. The van der Waals surface area contributed by atoms with Gasteiger partial charge in [0.25, 0.3) is 0 Å². The van der Waals surface area contributed by atoms with E-state index < -0.39 is 0 Å². The highest BCUT2D eigenvalue weighted by Gasteiger charge is 2.45. The molecule has 0 radical (unpaired) electrons. The van der Waals surface area contributed by atoms with Gasteiger partial charge in [0.05, 0.1) is 13.2 Å². The quantitative estimate of drug-likeness (QED) is 0.760. The van der Waals surface area contributed by atoms with Crippen molar-refractivity contribution in [2.75, 3.05) is 7.11 Å². The van der Waals surface area contributed by atoms with Gasteiger partial charge in [-0.2, -0.15) is 0 Å². The van der Waals surface area contributed by atoms with E-state index in [4.69, 9.17) is 4.74 Å². The lowest BCUT2D eigenvalue weighted by Gasteiger charge is -2.41. The molecule has 3 atom stereocenters. The van der Waals surface area contributed by atoms with Gasteiger partial charge in [-0.15, -0.1) is 0 Å². The number of piperidine rings is 1. The van der Waals surface area contributed by atoms with Crippen molar-refractivity contribution in [2.24, 2.45) is 0 Å². The van der Waals surface area contributed by atoms with Crippen LogP contribution in [0.5, 0.6) is 0 Å². The number of carbonyl (C=O) groups excluding carboxylic acids is 1. The normalized spacial score (nSPS) is 33.4. The second-order valence-electron chi connectivity index (χ2n) is 5.64. The first-order valence-corrected chi connectivity index (χ1v) is 7.20. The summed E-state index contributed by atoms with van der Waals surface area (Å²) in [5.74, 6) is -0.100. The maximum absolute atomic E-state index is 12.0. The van der Waals surface area contributed by atoms with Crippen LogP contribution in [0, 0.1) is 0 Å². The lowest BCUT2D eigenvalue weighted by molar-refractivity contribution is -0.150. The molecule has 3 unspecified atom stereocenters. The number of ether oxygens (including phenoxy) is 1. The van der Waals surface area contributed by atoms with Gasteiger partial charge < -0.3 is 9.84 Å². The van der Waals surface area contributed by atoms with E-state index in [1.165, 1.54) is 7.11 Å². The summed E-state index contributed by atoms with van der Waals surface area (Å²) in [6, 6.07) is 0.652. The molecule has 2 rings (SSSR count). The smallest absolute Gasteiger partial charge is 0.323 e. The van der Waals surface area contributed by atoms with Crippen LogP contribution in [-0.2, 0) is 9.53 Å². The molecule has 0 aromatic rings. The fraction of sp³-hybridized carbons (Fsp3) is 0.929. The van der Waals surface area contributed by atoms with Gasteiger partial charge in [-0.25, -0.2) is 0 Å². The highest BCUT2D eigenvalue weighted by atomic mass is 16.5. The summed E-state index contributed by atoms with van der Waals surface area (Å²) in [5.41, 5.74) is 0. The average molecular weight is 255 g/mol. The lowest BCUT2D eigenvalue weighted by Crippen LogP contribution is -2.53. The number of hydrogen-bond donors (Lipinski definition) is 1. The minimum absolute atomic E-state index is 0.0973. The molecule has 2 aliphatic heterocycles. The van der Waals surface area contributed by atoms with E-state index >= 15 is 0 Å². The molecule has 0 spiro atoms. The number of aliphatic hydroxyl groups excluding tert-OH is 1. The van der Waals surface area contributed by atoms with Gasteiger partial charge in [0.1, 0.15) is 6.04 Å². The van der Waals surface area contributed by atoms with Gasteiger partial charge >= 0.3 is 5.97 Å². The van der Waals surface area contributed by atoms with Gasteiger partial charge in [0.2, 0.25) is 0 Å². The Hall–Kier alpha value is -0.610. The Morgan fingerprint density at radius 2 is 2.00 bits per heavy atom. The maximum Gasteiger partial charge on any atom is 0.323 e. The number of hydrogen-bond acceptors (Lipinski definition) is 4. The van der Waals surface area contributed by atoms with Crippen LogP contribution in [0.3, 0.4) is 0 Å². The monoisotopic (exact) mass is 255 g/mol. The molecule has 2 bridgehead atoms. The van der Waals surface area contributed by atoms with Crippen LogP contribution < -0.4 is 0 Å². The SMILES string of the molecule is CCCCC(C(=O)OC)N1C2CCC1CC(O)C2. The molecule has 18 heavy (non-hydrogen) atoms. The molecular formula is C14H25NO3. The minimum atomic E-state index is -0.178. The highest BCUT2D eigenvalue weighted by Crippen LogP contribution is 2.38. The van der Waals surface area contributed by atoms with Crippen molar-refractivity contribution < 1.29 is 14.6 Å². The maximum atomic E-state index is 12.0.